The van der Waals surface area contributed by atoms with Crippen LogP contribution in [0.1, 0.15) is 32.1 Å². The molecular weight excluding hydrogens is 448 g/mol. The van der Waals surface area contributed by atoms with Gasteiger partial charge in [0.25, 0.3) is 5.91 Å². The van der Waals surface area contributed by atoms with Gasteiger partial charge in [0.15, 0.2) is 11.5 Å². The zero-order chi connectivity index (χ0) is 24.6. The predicted octanol–water partition coefficient (Wildman–Crippen LogP) is 5.61. The largest absolute Gasteiger partial charge is 0.493 e. The zero-order valence-electron chi connectivity index (χ0n) is 19.6. The van der Waals surface area contributed by atoms with E-state index in [1.165, 1.54) is 11.3 Å². The van der Waals surface area contributed by atoms with E-state index in [0.717, 1.165) is 22.4 Å². The van der Waals surface area contributed by atoms with Crippen LogP contribution in [0.25, 0.3) is 21.3 Å². The number of ether oxygens (including phenoxy) is 2. The van der Waals surface area contributed by atoms with Crippen LogP contribution in [0.2, 0.25) is 0 Å². The van der Waals surface area contributed by atoms with E-state index in [1.807, 2.05) is 38.1 Å². The smallest absolute Gasteiger partial charge is 0.267 e. The summed E-state index contributed by atoms with van der Waals surface area (Å²) >= 11 is 1.21. The first-order valence-electron chi connectivity index (χ1n) is 10.5. The fraction of sp³-hybridized carbons (Fsp3) is 0.192. The van der Waals surface area contributed by atoms with Crippen molar-refractivity contribution < 1.29 is 14.3 Å². The van der Waals surface area contributed by atoms with E-state index in [2.05, 4.69) is 16.4 Å². The quantitative estimate of drug-likeness (QED) is 0.390. The molecule has 0 saturated carbocycles. The lowest BCUT2D eigenvalue weighted by Gasteiger charge is -2.13. The highest BCUT2D eigenvalue weighted by molar-refractivity contribution is 7.21. The van der Waals surface area contributed by atoms with Crippen molar-refractivity contribution in [1.29, 1.82) is 5.26 Å². The molecule has 2 heterocycles. The van der Waals surface area contributed by atoms with E-state index in [4.69, 9.17) is 15.2 Å². The van der Waals surface area contributed by atoms with Crippen molar-refractivity contribution in [3.63, 3.8) is 0 Å². The van der Waals surface area contributed by atoms with E-state index >= 15 is 0 Å². The molecule has 0 unspecified atom stereocenters. The molecule has 0 bridgehead atoms. The Bertz CT molecular complexity index is 1480. The first-order chi connectivity index (χ1) is 16.3. The Hall–Kier alpha value is -4.09. The van der Waals surface area contributed by atoms with Gasteiger partial charge in [-0.3, -0.25) is 4.79 Å². The van der Waals surface area contributed by atoms with Crippen molar-refractivity contribution in [2.75, 3.05) is 25.3 Å². The molecular formula is C26H24N4O3S. The van der Waals surface area contributed by atoms with Crippen molar-refractivity contribution in [1.82, 2.24) is 4.98 Å². The number of aryl methyl sites for hydroxylation is 2. The van der Waals surface area contributed by atoms with Crippen molar-refractivity contribution >= 4 is 38.8 Å². The molecule has 1 amide bonds. The number of thiophene rings is 1. The summed E-state index contributed by atoms with van der Waals surface area (Å²) in [6, 6.07) is 13.4. The van der Waals surface area contributed by atoms with Crippen molar-refractivity contribution in [2.24, 2.45) is 0 Å². The van der Waals surface area contributed by atoms with Crippen LogP contribution in [0.15, 0.2) is 36.4 Å². The number of aromatic nitrogens is 1. The average molecular weight is 473 g/mol. The van der Waals surface area contributed by atoms with Crippen LogP contribution in [0.5, 0.6) is 11.5 Å². The number of carbonyl (C=O) groups is 1. The Morgan fingerprint density at radius 1 is 1.12 bits per heavy atom. The number of hydrogen-bond donors (Lipinski definition) is 2. The van der Waals surface area contributed by atoms with Gasteiger partial charge in [-0.2, -0.15) is 5.26 Å². The topological polar surface area (TPSA) is 110 Å². The van der Waals surface area contributed by atoms with Gasteiger partial charge in [-0.1, -0.05) is 18.2 Å². The van der Waals surface area contributed by atoms with Crippen LogP contribution in [-0.4, -0.2) is 25.1 Å². The number of pyridine rings is 1. The van der Waals surface area contributed by atoms with Gasteiger partial charge in [0.2, 0.25) is 0 Å². The third-order valence-corrected chi connectivity index (χ3v) is 7.00. The fourth-order valence-electron chi connectivity index (χ4n) is 3.92. The molecule has 2 aromatic carbocycles. The van der Waals surface area contributed by atoms with Gasteiger partial charge in [-0.25, -0.2) is 4.98 Å². The minimum absolute atomic E-state index is 0.289. The molecule has 4 aromatic rings. The Kier molecular flexibility index (Phi) is 6.14. The van der Waals surface area contributed by atoms with Gasteiger partial charge in [0.1, 0.15) is 15.8 Å². The second-order valence-corrected chi connectivity index (χ2v) is 8.85. The number of nitrogens with two attached hydrogens (primary N) is 1. The molecule has 172 valence electrons. The maximum Gasteiger partial charge on any atom is 0.267 e. The highest BCUT2D eigenvalue weighted by Crippen LogP contribution is 2.44. The lowest BCUT2D eigenvalue weighted by atomic mass is 9.95. The number of fused-ring (bicyclic) bond motifs is 1. The third kappa shape index (κ3) is 3.80. The van der Waals surface area contributed by atoms with Crippen LogP contribution in [0.3, 0.4) is 0 Å². The lowest BCUT2D eigenvalue weighted by Crippen LogP contribution is -2.13. The summed E-state index contributed by atoms with van der Waals surface area (Å²) < 4.78 is 10.8. The van der Waals surface area contributed by atoms with E-state index < -0.39 is 0 Å². The van der Waals surface area contributed by atoms with Gasteiger partial charge in [-0.05, 0) is 55.7 Å². The number of rotatable bonds is 5. The summed E-state index contributed by atoms with van der Waals surface area (Å²) in [6.45, 7) is 5.72. The molecule has 8 heteroatoms. The number of nitrogens with one attached hydrogen (secondary N) is 1. The maximum atomic E-state index is 13.2. The van der Waals surface area contributed by atoms with Gasteiger partial charge in [0.05, 0.1) is 31.2 Å². The molecule has 0 aliphatic heterocycles. The maximum absolute atomic E-state index is 13.2. The number of benzene rings is 2. The van der Waals surface area contributed by atoms with E-state index in [1.54, 1.807) is 33.3 Å². The Balaban J connectivity index is 1.91. The number of carbonyl (C=O) groups excluding carboxylic acids is 1. The summed E-state index contributed by atoms with van der Waals surface area (Å²) in [6.07, 6.45) is 0. The fourth-order valence-corrected chi connectivity index (χ4v) is 4.96. The van der Waals surface area contributed by atoms with Gasteiger partial charge in [0, 0.05) is 16.6 Å². The van der Waals surface area contributed by atoms with E-state index in [-0.39, 0.29) is 11.6 Å². The minimum atomic E-state index is -0.316. The molecule has 0 saturated heterocycles. The van der Waals surface area contributed by atoms with Gasteiger partial charge < -0.3 is 20.5 Å². The molecule has 0 aliphatic rings. The second kappa shape index (κ2) is 9.04. The number of hydrogen-bond acceptors (Lipinski definition) is 7. The number of nitrogens with zero attached hydrogens (tertiary/aromatic N) is 2. The molecule has 7 nitrogen and oxygen atoms in total. The van der Waals surface area contributed by atoms with Crippen LogP contribution in [0.4, 0.5) is 11.4 Å². The predicted molar refractivity (Wildman–Crippen MR) is 136 cm³/mol. The first-order valence-corrected chi connectivity index (χ1v) is 11.3. The van der Waals surface area contributed by atoms with Crippen molar-refractivity contribution in [2.45, 2.75) is 20.8 Å². The summed E-state index contributed by atoms with van der Waals surface area (Å²) in [4.78, 5) is 18.8. The molecule has 0 atom stereocenters. The summed E-state index contributed by atoms with van der Waals surface area (Å²) in [5.41, 5.74) is 11.9. The number of nitriles is 1. The van der Waals surface area contributed by atoms with Crippen molar-refractivity contribution in [3.05, 3.63) is 63.7 Å². The van der Waals surface area contributed by atoms with Crippen LogP contribution < -0.4 is 20.5 Å². The van der Waals surface area contributed by atoms with Crippen LogP contribution in [-0.2, 0) is 0 Å². The molecule has 3 N–H and O–H groups in total. The summed E-state index contributed by atoms with van der Waals surface area (Å²) in [5, 5.41) is 13.5. The van der Waals surface area contributed by atoms with E-state index in [0.29, 0.717) is 43.4 Å². The summed E-state index contributed by atoms with van der Waals surface area (Å²) in [7, 11) is 3.11. The Labute approximate surface area is 201 Å². The second-order valence-electron chi connectivity index (χ2n) is 7.86. The zero-order valence-corrected chi connectivity index (χ0v) is 20.4. The minimum Gasteiger partial charge on any atom is -0.493 e. The molecule has 2 aromatic heterocycles. The van der Waals surface area contributed by atoms with Crippen LogP contribution >= 0.6 is 11.3 Å². The molecule has 4 rings (SSSR count). The highest BCUT2D eigenvalue weighted by atomic mass is 32.1. The van der Waals surface area contributed by atoms with Gasteiger partial charge >= 0.3 is 0 Å². The lowest BCUT2D eigenvalue weighted by molar-refractivity contribution is 0.103. The molecule has 0 fully saturated rings. The van der Waals surface area contributed by atoms with Crippen molar-refractivity contribution in [3.8, 4) is 28.7 Å². The highest BCUT2D eigenvalue weighted by Gasteiger charge is 2.25. The van der Waals surface area contributed by atoms with Gasteiger partial charge in [-0.15, -0.1) is 11.3 Å². The number of anilines is 2. The van der Waals surface area contributed by atoms with Crippen LogP contribution in [0, 0.1) is 32.1 Å². The number of nitrogen functional groups attached to an aromatic ring is 1. The third-order valence-electron chi connectivity index (χ3n) is 5.90. The van der Waals surface area contributed by atoms with E-state index in [9.17, 15) is 10.1 Å². The SMILES string of the molecule is COc1ccc(-c2c(C#N)c(C)nc3sc(C(=O)Nc4cccc(C)c4C)c(N)c23)cc1OC. The molecule has 0 spiro atoms. The monoisotopic (exact) mass is 472 g/mol. The molecule has 0 radical (unpaired) electrons. The number of methoxy groups -OCH3 is 2. The molecule has 0 aliphatic carbocycles. The average Bonchev–Trinajstić information content (AvgIpc) is 3.16. The first kappa shape index (κ1) is 23.1. The normalized spacial score (nSPS) is 10.7. The Morgan fingerprint density at radius 3 is 2.53 bits per heavy atom. The standard InChI is InChI=1S/C26H24N4O3S/c1-13-7-6-8-18(14(13)2)30-25(31)24-23(28)22-21(17(12-27)15(3)29-26(22)34-24)16-9-10-19(32-4)20(11-16)33-5/h6-11H,28H2,1-5H3,(H,30,31). The molecule has 34 heavy (non-hydrogen) atoms. The number of amides is 1. The summed E-state index contributed by atoms with van der Waals surface area (Å²) in [5.74, 6) is 0.774. The Morgan fingerprint density at radius 2 is 1.85 bits per heavy atom.